The molecular formula is C19H32S. The van der Waals surface area contributed by atoms with Crippen molar-refractivity contribution in [2.75, 3.05) is 0 Å². The van der Waals surface area contributed by atoms with Crippen LogP contribution in [0, 0.1) is 23.7 Å². The zero-order valence-corrected chi connectivity index (χ0v) is 15.6. The molecule has 2 atom stereocenters. The lowest BCUT2D eigenvalue weighted by molar-refractivity contribution is 0.241. The van der Waals surface area contributed by atoms with E-state index in [0.29, 0.717) is 17.3 Å². The topological polar surface area (TPSA) is 0 Å². The molecule has 0 radical (unpaired) electrons. The summed E-state index contributed by atoms with van der Waals surface area (Å²) in [5.74, 6) is 1.14. The Bertz CT molecular complexity index is 463. The maximum Gasteiger partial charge on any atom is 0.0146 e. The fourth-order valence-electron chi connectivity index (χ4n) is 2.16. The molecule has 0 aliphatic heterocycles. The zero-order valence-electron chi connectivity index (χ0n) is 14.8. The molecule has 114 valence electrons. The molecule has 1 heteroatoms. The largest absolute Gasteiger partial charge is 0.145 e. The summed E-state index contributed by atoms with van der Waals surface area (Å²) in [6.45, 7) is 20.8. The van der Waals surface area contributed by atoms with Crippen LogP contribution in [0.5, 0.6) is 0 Å². The fraction of sp³-hybridized carbons (Fsp3) is 0.684. The first-order chi connectivity index (χ1) is 8.93. The Morgan fingerprint density at radius 3 is 2.00 bits per heavy atom. The molecule has 0 aromatic carbocycles. The Hall–Kier alpha value is -0.560. The van der Waals surface area contributed by atoms with Crippen LogP contribution in [-0.2, 0) is 0 Å². The normalized spacial score (nSPS) is 17.1. The van der Waals surface area contributed by atoms with Crippen LogP contribution >= 0.6 is 11.3 Å². The van der Waals surface area contributed by atoms with Gasteiger partial charge in [0.2, 0.25) is 0 Å². The van der Waals surface area contributed by atoms with Gasteiger partial charge in [-0.15, -0.1) is 11.3 Å². The molecule has 1 rings (SSSR count). The van der Waals surface area contributed by atoms with Crippen molar-refractivity contribution in [2.24, 2.45) is 16.7 Å². The van der Waals surface area contributed by atoms with Gasteiger partial charge in [-0.3, -0.25) is 0 Å². The molecule has 0 bridgehead atoms. The summed E-state index contributed by atoms with van der Waals surface area (Å²) in [5, 5.41) is 0. The zero-order chi connectivity index (χ0) is 15.7. The molecule has 0 fully saturated rings. The molecule has 0 aliphatic rings. The first-order valence-corrected chi connectivity index (χ1v) is 8.50. The Morgan fingerprint density at radius 1 is 1.10 bits per heavy atom. The van der Waals surface area contributed by atoms with Gasteiger partial charge >= 0.3 is 0 Å². The van der Waals surface area contributed by atoms with Gasteiger partial charge in [-0.05, 0) is 42.7 Å². The second-order valence-electron chi connectivity index (χ2n) is 8.23. The Balaban J connectivity index is 3.22. The molecule has 20 heavy (non-hydrogen) atoms. The third-order valence-electron chi connectivity index (χ3n) is 4.61. The third-order valence-corrected chi connectivity index (χ3v) is 5.71. The highest BCUT2D eigenvalue weighted by Gasteiger charge is 2.30. The molecule has 0 N–H and O–H groups in total. The van der Waals surface area contributed by atoms with Crippen LogP contribution in [0.1, 0.15) is 71.1 Å². The van der Waals surface area contributed by atoms with Gasteiger partial charge in [0.05, 0.1) is 0 Å². The van der Waals surface area contributed by atoms with Gasteiger partial charge in [0.15, 0.2) is 0 Å². The number of rotatable bonds is 3. The smallest absolute Gasteiger partial charge is 0.0146 e. The summed E-state index contributed by atoms with van der Waals surface area (Å²) in [4.78, 5) is 2.92. The minimum atomic E-state index is 0.252. The van der Waals surface area contributed by atoms with E-state index in [2.05, 4.69) is 80.5 Å². The third kappa shape index (κ3) is 4.48. The lowest BCUT2D eigenvalue weighted by Crippen LogP contribution is -2.23. The molecule has 0 unspecified atom stereocenters. The lowest BCUT2D eigenvalue weighted by atomic mass is 9.72. The monoisotopic (exact) mass is 292 g/mol. The van der Waals surface area contributed by atoms with E-state index in [1.807, 2.05) is 11.3 Å². The number of allylic oxidation sites excluding steroid dienone is 2. The standard InChI is InChI=1S/C19H32S/c1-13(18(4,5)6)12-16(15(3)19(7,8)9)17-11-10-14(2)20-17/h10-12,15-16H,1-9H3/b13-12+/t15-,16+/m0/s1. The highest BCUT2D eigenvalue weighted by atomic mass is 32.1. The highest BCUT2D eigenvalue weighted by Crippen LogP contribution is 2.42. The van der Waals surface area contributed by atoms with Gasteiger partial charge in [-0.2, -0.15) is 0 Å². The summed E-state index contributed by atoms with van der Waals surface area (Å²) in [5.41, 5.74) is 2.06. The van der Waals surface area contributed by atoms with Crippen molar-refractivity contribution >= 4 is 11.3 Å². The summed E-state index contributed by atoms with van der Waals surface area (Å²) in [6.07, 6.45) is 2.52. The van der Waals surface area contributed by atoms with Crippen LogP contribution in [-0.4, -0.2) is 0 Å². The molecule has 0 nitrogen and oxygen atoms in total. The van der Waals surface area contributed by atoms with Gasteiger partial charge in [0, 0.05) is 15.7 Å². The molecule has 0 saturated heterocycles. The van der Waals surface area contributed by atoms with E-state index in [1.165, 1.54) is 15.3 Å². The summed E-state index contributed by atoms with van der Waals surface area (Å²) >= 11 is 1.95. The lowest BCUT2D eigenvalue weighted by Gasteiger charge is -2.34. The van der Waals surface area contributed by atoms with Gasteiger partial charge in [0.1, 0.15) is 0 Å². The summed E-state index contributed by atoms with van der Waals surface area (Å²) in [7, 11) is 0. The number of hydrogen-bond acceptors (Lipinski definition) is 1. The van der Waals surface area contributed by atoms with Crippen molar-refractivity contribution in [2.45, 2.75) is 68.2 Å². The van der Waals surface area contributed by atoms with Crippen LogP contribution in [0.15, 0.2) is 23.8 Å². The quantitative estimate of drug-likeness (QED) is 0.536. The Morgan fingerprint density at radius 2 is 1.65 bits per heavy atom. The second-order valence-corrected chi connectivity index (χ2v) is 9.55. The van der Waals surface area contributed by atoms with E-state index in [-0.39, 0.29) is 5.41 Å². The predicted molar refractivity (Wildman–Crippen MR) is 93.6 cm³/mol. The van der Waals surface area contributed by atoms with Crippen molar-refractivity contribution in [1.82, 2.24) is 0 Å². The van der Waals surface area contributed by atoms with Crippen LogP contribution in [0.3, 0.4) is 0 Å². The predicted octanol–water partition coefficient (Wildman–Crippen LogP) is 6.81. The van der Waals surface area contributed by atoms with Crippen LogP contribution in [0.2, 0.25) is 0 Å². The summed E-state index contributed by atoms with van der Waals surface area (Å²) < 4.78 is 0. The Kier molecular flexibility index (Phi) is 5.29. The minimum absolute atomic E-state index is 0.252. The van der Waals surface area contributed by atoms with E-state index in [9.17, 15) is 0 Å². The van der Waals surface area contributed by atoms with Crippen LogP contribution < -0.4 is 0 Å². The summed E-state index contributed by atoms with van der Waals surface area (Å²) in [6, 6.07) is 4.57. The SMILES string of the molecule is C/C(=C\[C@@H](c1ccc(C)s1)[C@H](C)C(C)(C)C)C(C)(C)C. The number of aryl methyl sites for hydroxylation is 1. The van der Waals surface area contributed by atoms with Crippen molar-refractivity contribution in [3.63, 3.8) is 0 Å². The van der Waals surface area contributed by atoms with Crippen LogP contribution in [0.25, 0.3) is 0 Å². The van der Waals surface area contributed by atoms with E-state index in [0.717, 1.165) is 0 Å². The average Bonchev–Trinajstić information content (AvgIpc) is 2.68. The fourth-order valence-corrected chi connectivity index (χ4v) is 3.22. The number of thiophene rings is 1. The first kappa shape index (κ1) is 17.5. The minimum Gasteiger partial charge on any atom is -0.145 e. The molecule has 1 aromatic heterocycles. The van der Waals surface area contributed by atoms with Gasteiger partial charge in [-0.1, -0.05) is 60.1 Å². The van der Waals surface area contributed by atoms with Crippen molar-refractivity contribution < 1.29 is 0 Å². The maximum atomic E-state index is 2.52. The van der Waals surface area contributed by atoms with Gasteiger partial charge in [0.25, 0.3) is 0 Å². The maximum absolute atomic E-state index is 2.52. The number of hydrogen-bond donors (Lipinski definition) is 0. The molecule has 1 heterocycles. The van der Waals surface area contributed by atoms with Crippen molar-refractivity contribution in [1.29, 1.82) is 0 Å². The van der Waals surface area contributed by atoms with Crippen molar-refractivity contribution in [3.8, 4) is 0 Å². The van der Waals surface area contributed by atoms with E-state index < -0.39 is 0 Å². The molecule has 0 spiro atoms. The van der Waals surface area contributed by atoms with Crippen molar-refractivity contribution in [3.05, 3.63) is 33.5 Å². The molecule has 0 aliphatic carbocycles. The highest BCUT2D eigenvalue weighted by molar-refractivity contribution is 7.12. The van der Waals surface area contributed by atoms with E-state index in [4.69, 9.17) is 0 Å². The van der Waals surface area contributed by atoms with E-state index in [1.54, 1.807) is 0 Å². The molecule has 0 amide bonds. The first-order valence-electron chi connectivity index (χ1n) is 7.68. The molecule has 0 saturated carbocycles. The second kappa shape index (κ2) is 6.05. The van der Waals surface area contributed by atoms with E-state index >= 15 is 0 Å². The molecular weight excluding hydrogens is 260 g/mol. The van der Waals surface area contributed by atoms with Gasteiger partial charge < -0.3 is 0 Å². The average molecular weight is 293 g/mol. The van der Waals surface area contributed by atoms with Crippen LogP contribution in [0.4, 0.5) is 0 Å². The Labute approximate surface area is 130 Å². The molecule has 1 aromatic rings. The van der Waals surface area contributed by atoms with Gasteiger partial charge in [-0.25, -0.2) is 0 Å².